The standard InChI is InChI=1S/C13H18BrN3O2Si.C7H6BrN3O/c1-20(2,3)5-4-19-9-17-7-10(8-18)12-13(17)15-6-11(14)16-12;8-5-2-10-7-6(11-5)4(3-12)1-9-7/h6-8H,4-5,9H2,1-3H3;1-2,12H,3H2,(H,9,10). The van der Waals surface area contributed by atoms with E-state index in [1.165, 1.54) is 0 Å². The number of rotatable bonds is 7. The smallest absolute Gasteiger partial charge is 0.161 e. The number of hydrogen-bond acceptors (Lipinski definition) is 7. The highest BCUT2D eigenvalue weighted by molar-refractivity contribution is 9.10. The average molecular weight is 584 g/mol. The van der Waals surface area contributed by atoms with Gasteiger partial charge in [-0.3, -0.25) is 4.79 Å². The first-order valence-electron chi connectivity index (χ1n) is 9.85. The molecule has 0 bridgehead atoms. The molecule has 0 spiro atoms. The van der Waals surface area contributed by atoms with Gasteiger partial charge in [-0.2, -0.15) is 0 Å². The lowest BCUT2D eigenvalue weighted by Crippen LogP contribution is -2.22. The number of H-pyrrole nitrogens is 1. The molecule has 4 rings (SSSR count). The van der Waals surface area contributed by atoms with E-state index < -0.39 is 8.07 Å². The van der Waals surface area contributed by atoms with Gasteiger partial charge in [-0.05, 0) is 37.9 Å². The Morgan fingerprint density at radius 1 is 1.16 bits per heavy atom. The molecule has 0 saturated carbocycles. The third kappa shape index (κ3) is 6.29. The zero-order valence-electron chi connectivity index (χ0n) is 18.0. The number of nitrogens with one attached hydrogen (secondary N) is 1. The predicted molar refractivity (Wildman–Crippen MR) is 132 cm³/mol. The van der Waals surface area contributed by atoms with Crippen molar-refractivity contribution in [3.63, 3.8) is 0 Å². The van der Waals surface area contributed by atoms with Crippen LogP contribution in [0.4, 0.5) is 0 Å². The van der Waals surface area contributed by atoms with Crippen LogP contribution < -0.4 is 0 Å². The molecule has 0 amide bonds. The van der Waals surface area contributed by atoms with E-state index in [2.05, 4.69) is 76.4 Å². The van der Waals surface area contributed by atoms with Crippen molar-refractivity contribution in [2.45, 2.75) is 39.0 Å². The molecule has 0 unspecified atom stereocenters. The van der Waals surface area contributed by atoms with Crippen molar-refractivity contribution in [2.24, 2.45) is 0 Å². The Hall–Kier alpha value is -1.99. The van der Waals surface area contributed by atoms with E-state index in [4.69, 9.17) is 9.84 Å². The monoisotopic (exact) mass is 582 g/mol. The van der Waals surface area contributed by atoms with Crippen molar-refractivity contribution in [3.8, 4) is 0 Å². The van der Waals surface area contributed by atoms with Gasteiger partial charge in [-0.1, -0.05) is 19.6 Å². The van der Waals surface area contributed by atoms with Crippen molar-refractivity contribution in [1.29, 1.82) is 0 Å². The van der Waals surface area contributed by atoms with Crippen LogP contribution in [0, 0.1) is 0 Å². The Balaban J connectivity index is 0.000000204. The number of fused-ring (bicyclic) bond motifs is 2. The van der Waals surface area contributed by atoms with E-state index in [-0.39, 0.29) is 6.61 Å². The molecule has 12 heteroatoms. The molecule has 32 heavy (non-hydrogen) atoms. The van der Waals surface area contributed by atoms with Gasteiger partial charge in [-0.25, -0.2) is 19.9 Å². The molecule has 4 aromatic rings. The Labute approximate surface area is 202 Å². The molecule has 0 aliphatic rings. The SMILES string of the molecule is C[Si](C)(C)CCOCn1cc(C=O)c2nc(Br)cnc21.OCc1c[nH]c2ncc(Br)nc12. The van der Waals surface area contributed by atoms with Gasteiger partial charge in [0.05, 0.1) is 24.6 Å². The Kier molecular flexibility index (Phi) is 8.28. The number of aldehydes is 1. The van der Waals surface area contributed by atoms with E-state index >= 15 is 0 Å². The quantitative estimate of drug-likeness (QED) is 0.186. The Bertz CT molecular complexity index is 1220. The second-order valence-corrected chi connectivity index (χ2v) is 15.5. The number of hydrogen-bond donors (Lipinski definition) is 2. The van der Waals surface area contributed by atoms with Crippen molar-refractivity contribution in [1.82, 2.24) is 29.5 Å². The molecule has 0 aliphatic carbocycles. The van der Waals surface area contributed by atoms with Crippen LogP contribution in [0.25, 0.3) is 22.3 Å². The summed E-state index contributed by atoms with van der Waals surface area (Å²) >= 11 is 6.48. The number of aliphatic hydroxyl groups is 1. The second kappa shape index (κ2) is 10.7. The summed E-state index contributed by atoms with van der Waals surface area (Å²) in [6, 6.07) is 1.12. The maximum absolute atomic E-state index is 11.1. The van der Waals surface area contributed by atoms with Crippen LogP contribution >= 0.6 is 31.9 Å². The summed E-state index contributed by atoms with van der Waals surface area (Å²) in [4.78, 5) is 30.8. The van der Waals surface area contributed by atoms with Crippen LogP contribution in [-0.2, 0) is 18.1 Å². The summed E-state index contributed by atoms with van der Waals surface area (Å²) in [7, 11) is -1.08. The van der Waals surface area contributed by atoms with Crippen molar-refractivity contribution in [3.05, 3.63) is 45.1 Å². The summed E-state index contributed by atoms with van der Waals surface area (Å²) < 4.78 is 8.80. The maximum Gasteiger partial charge on any atom is 0.161 e. The molecular formula is C20H24Br2N6O3Si. The summed E-state index contributed by atoms with van der Waals surface area (Å²) in [5.41, 5.74) is 3.97. The summed E-state index contributed by atoms with van der Waals surface area (Å²) in [6.07, 6.45) is 7.47. The molecule has 4 aromatic heterocycles. The molecule has 170 valence electrons. The number of carbonyl (C=O) groups is 1. The molecule has 2 N–H and O–H groups in total. The first-order valence-corrected chi connectivity index (χ1v) is 15.1. The minimum absolute atomic E-state index is 0.0227. The summed E-state index contributed by atoms with van der Waals surface area (Å²) in [5, 5.41) is 8.91. The minimum Gasteiger partial charge on any atom is -0.392 e. The van der Waals surface area contributed by atoms with Gasteiger partial charge in [0.25, 0.3) is 0 Å². The van der Waals surface area contributed by atoms with E-state index in [0.717, 1.165) is 24.5 Å². The van der Waals surface area contributed by atoms with Crippen molar-refractivity contribution >= 4 is 68.5 Å². The lowest BCUT2D eigenvalue weighted by molar-refractivity contribution is 0.0897. The molecule has 0 radical (unpaired) electrons. The third-order valence-corrected chi connectivity index (χ3v) is 6.99. The molecule has 0 aromatic carbocycles. The maximum atomic E-state index is 11.1. The highest BCUT2D eigenvalue weighted by Gasteiger charge is 2.14. The van der Waals surface area contributed by atoms with Crippen LogP contribution in [0.3, 0.4) is 0 Å². The highest BCUT2D eigenvalue weighted by atomic mass is 79.9. The highest BCUT2D eigenvalue weighted by Crippen LogP contribution is 2.19. The van der Waals surface area contributed by atoms with Gasteiger partial charge >= 0.3 is 0 Å². The number of aromatic amines is 1. The van der Waals surface area contributed by atoms with Gasteiger partial charge < -0.3 is 19.4 Å². The zero-order chi connectivity index (χ0) is 23.3. The molecule has 0 fully saturated rings. The molecular weight excluding hydrogens is 560 g/mol. The molecule has 4 heterocycles. The number of carbonyl (C=O) groups excluding carboxylic acids is 1. The van der Waals surface area contributed by atoms with Gasteiger partial charge in [0, 0.05) is 32.6 Å². The van der Waals surface area contributed by atoms with Crippen LogP contribution in [-0.4, -0.2) is 55.6 Å². The number of aromatic nitrogens is 6. The fourth-order valence-electron chi connectivity index (χ4n) is 2.82. The van der Waals surface area contributed by atoms with E-state index in [0.29, 0.717) is 43.8 Å². The van der Waals surface area contributed by atoms with E-state index in [1.54, 1.807) is 24.8 Å². The normalized spacial score (nSPS) is 11.6. The zero-order valence-corrected chi connectivity index (χ0v) is 22.1. The number of ether oxygens (including phenoxy) is 1. The predicted octanol–water partition coefficient (Wildman–Crippen LogP) is 4.53. The van der Waals surface area contributed by atoms with Crippen LogP contribution in [0.1, 0.15) is 15.9 Å². The Morgan fingerprint density at radius 3 is 2.50 bits per heavy atom. The average Bonchev–Trinajstić information content (AvgIpc) is 3.31. The Morgan fingerprint density at radius 2 is 1.84 bits per heavy atom. The topological polar surface area (TPSA) is 119 Å². The third-order valence-electron chi connectivity index (χ3n) is 4.52. The van der Waals surface area contributed by atoms with Crippen LogP contribution in [0.2, 0.25) is 25.7 Å². The number of halogens is 2. The lowest BCUT2D eigenvalue weighted by Gasteiger charge is -2.15. The summed E-state index contributed by atoms with van der Waals surface area (Å²) in [5.74, 6) is 0. The van der Waals surface area contributed by atoms with Crippen LogP contribution in [0.5, 0.6) is 0 Å². The molecule has 0 saturated heterocycles. The number of aliphatic hydroxyl groups excluding tert-OH is 1. The van der Waals surface area contributed by atoms with Gasteiger partial charge in [0.2, 0.25) is 0 Å². The van der Waals surface area contributed by atoms with Crippen LogP contribution in [0.15, 0.2) is 34.0 Å². The first-order chi connectivity index (χ1) is 15.2. The fourth-order valence-corrected chi connectivity index (χ4v) is 4.14. The molecule has 0 aliphatic heterocycles. The lowest BCUT2D eigenvalue weighted by atomic mass is 10.3. The van der Waals surface area contributed by atoms with Crippen molar-refractivity contribution in [2.75, 3.05) is 6.61 Å². The fraction of sp³-hybridized carbons (Fsp3) is 0.350. The largest absolute Gasteiger partial charge is 0.392 e. The van der Waals surface area contributed by atoms with E-state index in [1.807, 2.05) is 4.57 Å². The minimum atomic E-state index is -1.08. The van der Waals surface area contributed by atoms with Gasteiger partial charge in [0.1, 0.15) is 27.0 Å². The molecule has 9 nitrogen and oxygen atoms in total. The molecule has 0 atom stereocenters. The number of nitrogens with zero attached hydrogens (tertiary/aromatic N) is 5. The summed E-state index contributed by atoms with van der Waals surface area (Å²) in [6.45, 7) is 8.05. The van der Waals surface area contributed by atoms with Crippen molar-refractivity contribution < 1.29 is 14.6 Å². The van der Waals surface area contributed by atoms with Gasteiger partial charge in [-0.15, -0.1) is 0 Å². The van der Waals surface area contributed by atoms with Gasteiger partial charge in [0.15, 0.2) is 17.6 Å². The van der Waals surface area contributed by atoms with E-state index in [9.17, 15) is 4.79 Å². The second-order valence-electron chi connectivity index (χ2n) is 8.25. The first kappa shape index (κ1) is 24.6.